The van der Waals surface area contributed by atoms with Crippen molar-refractivity contribution in [3.8, 4) is 16.6 Å². The molecular weight excluding hydrogens is 478 g/mol. The number of pyridine rings is 1. The van der Waals surface area contributed by atoms with Crippen molar-refractivity contribution in [2.45, 2.75) is 20.4 Å². The predicted octanol–water partition coefficient (Wildman–Crippen LogP) is 6.60. The van der Waals surface area contributed by atoms with E-state index in [1.165, 1.54) is 11.3 Å². The van der Waals surface area contributed by atoms with Gasteiger partial charge in [-0.3, -0.25) is 9.48 Å². The molecule has 1 N–H and O–H groups in total. The molecule has 0 fully saturated rings. The molecule has 35 heavy (non-hydrogen) atoms. The first-order valence-corrected chi connectivity index (χ1v) is 12.1. The first-order chi connectivity index (χ1) is 16.9. The number of halogens is 1. The Morgan fingerprint density at radius 1 is 1.11 bits per heavy atom. The van der Waals surface area contributed by atoms with Crippen LogP contribution >= 0.6 is 22.9 Å². The SMILES string of the molecule is Cc1nn(Cc2ccc(C#N)cc2)c(C)c1NC(=O)c1cc(-c2ccc(Cl)s2)nc2ccccc12. The maximum absolute atomic E-state index is 13.5. The third-order valence-corrected chi connectivity index (χ3v) is 7.08. The van der Waals surface area contributed by atoms with Crippen molar-refractivity contribution in [2.75, 3.05) is 5.32 Å². The van der Waals surface area contributed by atoms with Crippen molar-refractivity contribution in [3.63, 3.8) is 0 Å². The van der Waals surface area contributed by atoms with Gasteiger partial charge >= 0.3 is 0 Å². The Morgan fingerprint density at radius 3 is 2.60 bits per heavy atom. The molecule has 1 amide bonds. The third-order valence-electron chi connectivity index (χ3n) is 5.82. The zero-order valence-electron chi connectivity index (χ0n) is 19.0. The van der Waals surface area contributed by atoms with Gasteiger partial charge in [-0.2, -0.15) is 10.4 Å². The average Bonchev–Trinajstić information content (AvgIpc) is 3.42. The molecule has 0 saturated carbocycles. The third kappa shape index (κ3) is 4.54. The van der Waals surface area contributed by atoms with Gasteiger partial charge < -0.3 is 5.32 Å². The second kappa shape index (κ2) is 9.34. The van der Waals surface area contributed by atoms with Gasteiger partial charge in [0.25, 0.3) is 5.91 Å². The molecule has 0 aliphatic heterocycles. The number of hydrogen-bond donors (Lipinski definition) is 1. The molecule has 0 spiro atoms. The summed E-state index contributed by atoms with van der Waals surface area (Å²) in [5.41, 5.74) is 5.88. The van der Waals surface area contributed by atoms with E-state index in [1.807, 2.05) is 73.1 Å². The molecular formula is C27H20ClN5OS. The normalized spacial score (nSPS) is 10.9. The van der Waals surface area contributed by atoms with Gasteiger partial charge in [-0.05, 0) is 55.8 Å². The lowest BCUT2D eigenvalue weighted by molar-refractivity contribution is 0.102. The van der Waals surface area contributed by atoms with Crippen molar-refractivity contribution in [1.82, 2.24) is 14.8 Å². The summed E-state index contributed by atoms with van der Waals surface area (Å²) in [6.07, 6.45) is 0. The minimum absolute atomic E-state index is 0.225. The Balaban J connectivity index is 1.48. The molecule has 0 saturated heterocycles. The number of carbonyl (C=O) groups is 1. The van der Waals surface area contributed by atoms with Crippen molar-refractivity contribution in [2.24, 2.45) is 0 Å². The molecule has 0 unspecified atom stereocenters. The second-order valence-corrected chi connectivity index (χ2v) is 9.86. The Bertz CT molecular complexity index is 1610. The lowest BCUT2D eigenvalue weighted by Gasteiger charge is -2.11. The van der Waals surface area contributed by atoms with Crippen molar-refractivity contribution in [3.05, 3.63) is 99.1 Å². The summed E-state index contributed by atoms with van der Waals surface area (Å²) in [6.45, 7) is 4.35. The van der Waals surface area contributed by atoms with Gasteiger partial charge in [-0.15, -0.1) is 11.3 Å². The number of aromatic nitrogens is 3. The van der Waals surface area contributed by atoms with E-state index in [9.17, 15) is 4.79 Å². The van der Waals surface area contributed by atoms with Crippen LogP contribution in [0.3, 0.4) is 0 Å². The quantitative estimate of drug-likeness (QED) is 0.296. The fraction of sp³-hybridized carbons (Fsp3) is 0.111. The Labute approximate surface area is 211 Å². The van der Waals surface area contributed by atoms with Crippen LogP contribution in [0.15, 0.2) is 66.7 Å². The van der Waals surface area contributed by atoms with Crippen molar-refractivity contribution >= 4 is 45.4 Å². The van der Waals surface area contributed by atoms with Gasteiger partial charge in [0.05, 0.1) is 61.2 Å². The van der Waals surface area contributed by atoms with Crippen LogP contribution in [0.5, 0.6) is 0 Å². The number of nitrogens with one attached hydrogen (secondary N) is 1. The second-order valence-electron chi connectivity index (χ2n) is 8.14. The van der Waals surface area contributed by atoms with E-state index in [1.54, 1.807) is 12.1 Å². The minimum Gasteiger partial charge on any atom is -0.319 e. The zero-order valence-corrected chi connectivity index (χ0v) is 20.6. The molecule has 0 aliphatic rings. The molecule has 0 aliphatic carbocycles. The van der Waals surface area contributed by atoms with Crippen molar-refractivity contribution < 1.29 is 4.79 Å². The summed E-state index contributed by atoms with van der Waals surface area (Å²) in [7, 11) is 0. The topological polar surface area (TPSA) is 83.6 Å². The highest BCUT2D eigenvalue weighted by atomic mass is 35.5. The van der Waals surface area contributed by atoms with Crippen LogP contribution in [0.4, 0.5) is 5.69 Å². The Kier molecular flexibility index (Phi) is 6.08. The van der Waals surface area contributed by atoms with Gasteiger partial charge in [0.1, 0.15) is 0 Å². The lowest BCUT2D eigenvalue weighted by atomic mass is 10.1. The van der Waals surface area contributed by atoms with E-state index in [-0.39, 0.29) is 5.91 Å². The van der Waals surface area contributed by atoms with Gasteiger partial charge in [0.15, 0.2) is 0 Å². The predicted molar refractivity (Wildman–Crippen MR) is 140 cm³/mol. The van der Waals surface area contributed by atoms with Crippen LogP contribution < -0.4 is 5.32 Å². The Morgan fingerprint density at radius 2 is 1.89 bits per heavy atom. The lowest BCUT2D eigenvalue weighted by Crippen LogP contribution is -2.14. The van der Waals surface area contributed by atoms with E-state index in [2.05, 4.69) is 16.5 Å². The molecule has 6 nitrogen and oxygen atoms in total. The van der Waals surface area contributed by atoms with Crippen LogP contribution in [0.1, 0.15) is 32.9 Å². The molecule has 0 bridgehead atoms. The fourth-order valence-electron chi connectivity index (χ4n) is 4.01. The monoisotopic (exact) mass is 497 g/mol. The van der Waals surface area contributed by atoms with Gasteiger partial charge in [0.2, 0.25) is 0 Å². The van der Waals surface area contributed by atoms with E-state index in [0.717, 1.165) is 32.7 Å². The Hall–Kier alpha value is -3.99. The summed E-state index contributed by atoms with van der Waals surface area (Å²) in [4.78, 5) is 19.2. The van der Waals surface area contributed by atoms with E-state index in [4.69, 9.17) is 21.8 Å². The van der Waals surface area contributed by atoms with Gasteiger partial charge in [0, 0.05) is 5.39 Å². The standard InChI is InChI=1S/C27H20ClN5OS/c1-16-26(17(2)33(32-16)15-19-9-7-18(14-29)8-10-19)31-27(34)21-13-23(24-11-12-25(28)35-24)30-22-6-4-3-5-20(21)22/h3-13H,15H2,1-2H3,(H,31,34). The van der Waals surface area contributed by atoms with Crippen molar-refractivity contribution in [1.29, 1.82) is 5.26 Å². The molecule has 3 heterocycles. The smallest absolute Gasteiger partial charge is 0.256 e. The molecule has 172 valence electrons. The molecule has 2 aromatic carbocycles. The number of rotatable bonds is 5. The number of carbonyl (C=O) groups excluding carboxylic acids is 1. The van der Waals surface area contributed by atoms with E-state index < -0.39 is 0 Å². The molecule has 0 atom stereocenters. The maximum atomic E-state index is 13.5. The largest absolute Gasteiger partial charge is 0.319 e. The number of hydrogen-bond acceptors (Lipinski definition) is 5. The fourth-order valence-corrected chi connectivity index (χ4v) is 5.02. The number of benzene rings is 2. The van der Waals surface area contributed by atoms with Gasteiger partial charge in [-0.1, -0.05) is 41.9 Å². The number of aryl methyl sites for hydroxylation is 1. The zero-order chi connectivity index (χ0) is 24.5. The van der Waals surface area contributed by atoms with Crippen LogP contribution in [0, 0.1) is 25.2 Å². The average molecular weight is 498 g/mol. The number of amides is 1. The van der Waals surface area contributed by atoms with Crippen LogP contribution in [0.25, 0.3) is 21.5 Å². The number of fused-ring (bicyclic) bond motifs is 1. The van der Waals surface area contributed by atoms with Gasteiger partial charge in [-0.25, -0.2) is 4.98 Å². The number of nitriles is 1. The number of nitrogens with zero attached hydrogens (tertiary/aromatic N) is 4. The molecule has 5 aromatic rings. The minimum atomic E-state index is -0.225. The highest BCUT2D eigenvalue weighted by Gasteiger charge is 2.19. The first kappa shape index (κ1) is 22.8. The summed E-state index contributed by atoms with van der Waals surface area (Å²) >= 11 is 7.56. The molecule has 0 radical (unpaired) electrons. The summed E-state index contributed by atoms with van der Waals surface area (Å²) in [6, 6.07) is 22.7. The molecule has 3 aromatic heterocycles. The maximum Gasteiger partial charge on any atom is 0.256 e. The molecule has 8 heteroatoms. The van der Waals surface area contributed by atoms with E-state index >= 15 is 0 Å². The van der Waals surface area contributed by atoms with Crippen LogP contribution in [-0.2, 0) is 6.54 Å². The summed E-state index contributed by atoms with van der Waals surface area (Å²) in [5.74, 6) is -0.225. The summed E-state index contributed by atoms with van der Waals surface area (Å²) in [5, 5.41) is 17.5. The number of thiophene rings is 1. The number of para-hydroxylation sites is 1. The highest BCUT2D eigenvalue weighted by molar-refractivity contribution is 7.19. The number of anilines is 1. The first-order valence-electron chi connectivity index (χ1n) is 10.9. The van der Waals surface area contributed by atoms with Crippen LogP contribution in [-0.4, -0.2) is 20.7 Å². The summed E-state index contributed by atoms with van der Waals surface area (Å²) < 4.78 is 2.53. The van der Waals surface area contributed by atoms with E-state index in [0.29, 0.717) is 33.4 Å². The molecule has 5 rings (SSSR count). The highest BCUT2D eigenvalue weighted by Crippen LogP contribution is 2.33. The van der Waals surface area contributed by atoms with Crippen LogP contribution in [0.2, 0.25) is 4.34 Å².